The molecule has 1 saturated heterocycles. The molecule has 166 valence electrons. The zero-order valence-corrected chi connectivity index (χ0v) is 17.7. The maximum Gasteiger partial charge on any atom is 0.175 e. The summed E-state index contributed by atoms with van der Waals surface area (Å²) in [5.74, 6) is -0.336. The average molecular weight is 436 g/mol. The monoisotopic (exact) mass is 436 g/mol. The molecule has 0 spiro atoms. The van der Waals surface area contributed by atoms with E-state index in [9.17, 15) is 15.3 Å². The standard InChI is InChI=1S/C24H25FN4O3/c1-14-9-16(31)7-8-29(14)24(28-13-30)20-12-27-23(21(25)22(20)26-2)19-11-17(32)10-15-5-3-4-6-18(15)19/h3-6,10-12,14,16,30-32H,2,7-9,13H2,1H3/b28-24+. The van der Waals surface area contributed by atoms with Crippen LogP contribution in [-0.2, 0) is 0 Å². The number of likely N-dealkylation sites (tertiary alicyclic amines) is 1. The molecule has 1 aliphatic rings. The molecule has 0 saturated carbocycles. The van der Waals surface area contributed by atoms with Gasteiger partial charge in [-0.3, -0.25) is 9.98 Å². The first-order chi connectivity index (χ1) is 15.4. The van der Waals surface area contributed by atoms with Gasteiger partial charge in [0.15, 0.2) is 5.82 Å². The summed E-state index contributed by atoms with van der Waals surface area (Å²) in [5, 5.41) is 31.1. The summed E-state index contributed by atoms with van der Waals surface area (Å²) in [5.41, 5.74) is 0.745. The van der Waals surface area contributed by atoms with Gasteiger partial charge >= 0.3 is 0 Å². The molecule has 1 aromatic heterocycles. The minimum absolute atomic E-state index is 0.000296. The number of amidine groups is 1. The summed E-state index contributed by atoms with van der Waals surface area (Å²) >= 11 is 0. The minimum Gasteiger partial charge on any atom is -0.508 e. The van der Waals surface area contributed by atoms with E-state index in [0.717, 1.165) is 10.8 Å². The molecule has 0 bridgehead atoms. The van der Waals surface area contributed by atoms with Crippen LogP contribution >= 0.6 is 0 Å². The molecular formula is C24H25FN4O3. The highest BCUT2D eigenvalue weighted by Gasteiger charge is 2.30. The van der Waals surface area contributed by atoms with E-state index in [1.165, 1.54) is 12.3 Å². The van der Waals surface area contributed by atoms with Gasteiger partial charge in [0.05, 0.1) is 11.7 Å². The van der Waals surface area contributed by atoms with Crippen molar-refractivity contribution in [2.24, 2.45) is 9.98 Å². The second-order valence-electron chi connectivity index (χ2n) is 7.90. The Hall–Kier alpha value is -3.36. The minimum atomic E-state index is -0.691. The van der Waals surface area contributed by atoms with E-state index >= 15 is 4.39 Å². The Morgan fingerprint density at radius 1 is 1.31 bits per heavy atom. The highest BCUT2D eigenvalue weighted by Crippen LogP contribution is 2.37. The summed E-state index contributed by atoms with van der Waals surface area (Å²) in [6.07, 6.45) is 2.12. The van der Waals surface area contributed by atoms with Crippen LogP contribution in [0.4, 0.5) is 10.1 Å². The number of hydrogen-bond acceptors (Lipinski definition) is 6. The van der Waals surface area contributed by atoms with Gasteiger partial charge in [-0.25, -0.2) is 9.38 Å². The third kappa shape index (κ3) is 3.94. The predicted molar refractivity (Wildman–Crippen MR) is 123 cm³/mol. The van der Waals surface area contributed by atoms with Crippen molar-refractivity contribution in [2.75, 3.05) is 13.3 Å². The van der Waals surface area contributed by atoms with Crippen molar-refractivity contribution < 1.29 is 19.7 Å². The molecule has 2 heterocycles. The molecule has 7 nitrogen and oxygen atoms in total. The first kappa shape index (κ1) is 21.9. The van der Waals surface area contributed by atoms with Gasteiger partial charge in [0, 0.05) is 24.3 Å². The van der Waals surface area contributed by atoms with Crippen molar-refractivity contribution >= 4 is 29.0 Å². The largest absolute Gasteiger partial charge is 0.508 e. The normalized spacial score (nSPS) is 19.4. The number of fused-ring (bicyclic) bond motifs is 1. The summed E-state index contributed by atoms with van der Waals surface area (Å²) in [6, 6.07) is 10.3. The van der Waals surface area contributed by atoms with Crippen molar-refractivity contribution in [1.29, 1.82) is 0 Å². The molecular weight excluding hydrogens is 411 g/mol. The zero-order chi connectivity index (χ0) is 22.8. The lowest BCUT2D eigenvalue weighted by molar-refractivity contribution is 0.0813. The van der Waals surface area contributed by atoms with Crippen molar-refractivity contribution in [1.82, 2.24) is 9.88 Å². The molecule has 3 aromatic rings. The van der Waals surface area contributed by atoms with Crippen LogP contribution in [0, 0.1) is 5.82 Å². The smallest absolute Gasteiger partial charge is 0.175 e. The fourth-order valence-electron chi connectivity index (χ4n) is 4.33. The molecule has 2 atom stereocenters. The number of hydrogen-bond donors (Lipinski definition) is 3. The summed E-state index contributed by atoms with van der Waals surface area (Å²) in [7, 11) is 0. The van der Waals surface area contributed by atoms with Crippen molar-refractivity contribution in [3.05, 3.63) is 54.0 Å². The van der Waals surface area contributed by atoms with Crippen molar-refractivity contribution in [3.63, 3.8) is 0 Å². The lowest BCUT2D eigenvalue weighted by Gasteiger charge is -2.38. The van der Waals surface area contributed by atoms with Gasteiger partial charge in [-0.2, -0.15) is 0 Å². The van der Waals surface area contributed by atoms with Crippen LogP contribution in [0.25, 0.3) is 22.0 Å². The van der Waals surface area contributed by atoms with Gasteiger partial charge in [0.25, 0.3) is 0 Å². The lowest BCUT2D eigenvalue weighted by atomic mass is 9.98. The number of rotatable bonds is 4. The second kappa shape index (κ2) is 9.02. The Morgan fingerprint density at radius 2 is 2.09 bits per heavy atom. The van der Waals surface area contributed by atoms with Crippen molar-refractivity contribution in [3.8, 4) is 17.0 Å². The molecule has 0 radical (unpaired) electrons. The molecule has 32 heavy (non-hydrogen) atoms. The molecule has 2 aromatic carbocycles. The lowest BCUT2D eigenvalue weighted by Crippen LogP contribution is -2.46. The SMILES string of the molecule is C=Nc1c(/C(=N\CO)N2CCC(O)CC2C)cnc(-c2cc(O)cc3ccccc23)c1F. The van der Waals surface area contributed by atoms with Crippen LogP contribution in [0.3, 0.4) is 0 Å². The number of aliphatic imine (C=N–C) groups is 2. The number of aliphatic hydroxyl groups is 2. The Balaban J connectivity index is 1.87. The van der Waals surface area contributed by atoms with Crippen LogP contribution in [0.2, 0.25) is 0 Å². The van der Waals surface area contributed by atoms with Crippen LogP contribution < -0.4 is 0 Å². The number of pyridine rings is 1. The van der Waals surface area contributed by atoms with Crippen LogP contribution in [0.15, 0.2) is 52.6 Å². The topological polar surface area (TPSA) is 102 Å². The van der Waals surface area contributed by atoms with Crippen LogP contribution in [0.1, 0.15) is 25.3 Å². The van der Waals surface area contributed by atoms with Crippen LogP contribution in [0.5, 0.6) is 5.75 Å². The van der Waals surface area contributed by atoms with Gasteiger partial charge in [0.1, 0.15) is 29.7 Å². The molecule has 2 unspecified atom stereocenters. The Kier molecular flexibility index (Phi) is 6.16. The maximum atomic E-state index is 15.8. The first-order valence-electron chi connectivity index (χ1n) is 10.4. The van der Waals surface area contributed by atoms with E-state index in [1.54, 1.807) is 6.07 Å². The molecule has 0 aliphatic carbocycles. The van der Waals surface area contributed by atoms with Gasteiger partial charge in [-0.1, -0.05) is 24.3 Å². The van der Waals surface area contributed by atoms with E-state index in [1.807, 2.05) is 36.1 Å². The fourth-order valence-corrected chi connectivity index (χ4v) is 4.33. The number of halogens is 1. The molecule has 1 fully saturated rings. The number of piperidine rings is 1. The molecule has 1 aliphatic heterocycles. The Morgan fingerprint density at radius 3 is 2.81 bits per heavy atom. The molecule has 3 N–H and O–H groups in total. The van der Waals surface area contributed by atoms with E-state index < -0.39 is 18.7 Å². The second-order valence-corrected chi connectivity index (χ2v) is 7.90. The number of aliphatic hydroxyl groups excluding tert-OH is 2. The summed E-state index contributed by atoms with van der Waals surface area (Å²) < 4.78 is 15.8. The van der Waals surface area contributed by atoms with E-state index in [0.29, 0.717) is 36.3 Å². The number of phenols is 1. The molecule has 4 rings (SSSR count). The maximum absolute atomic E-state index is 15.8. The average Bonchev–Trinajstić information content (AvgIpc) is 2.77. The third-order valence-electron chi connectivity index (χ3n) is 5.84. The molecule has 8 heteroatoms. The number of benzene rings is 2. The summed E-state index contributed by atoms with van der Waals surface area (Å²) in [4.78, 5) is 14.4. The van der Waals surface area contributed by atoms with Gasteiger partial charge in [-0.05, 0) is 49.4 Å². The Bertz CT molecular complexity index is 1200. The van der Waals surface area contributed by atoms with E-state index in [-0.39, 0.29) is 23.2 Å². The number of phenolic OH excluding ortho intramolecular Hbond substituents is 1. The highest BCUT2D eigenvalue weighted by atomic mass is 19.1. The highest BCUT2D eigenvalue weighted by molar-refractivity contribution is 6.04. The van der Waals surface area contributed by atoms with E-state index in [2.05, 4.69) is 21.7 Å². The quantitative estimate of drug-likeness (QED) is 0.428. The third-order valence-corrected chi connectivity index (χ3v) is 5.84. The van der Waals surface area contributed by atoms with Crippen LogP contribution in [-0.4, -0.2) is 63.2 Å². The fraction of sp³-hybridized carbons (Fsp3) is 0.292. The first-order valence-corrected chi connectivity index (χ1v) is 10.4. The van der Waals surface area contributed by atoms with E-state index in [4.69, 9.17) is 0 Å². The Labute approximate surface area is 185 Å². The number of nitrogens with zero attached hydrogens (tertiary/aromatic N) is 4. The van der Waals surface area contributed by atoms with Crippen molar-refractivity contribution in [2.45, 2.75) is 31.9 Å². The zero-order valence-electron chi connectivity index (χ0n) is 17.7. The number of aromatic nitrogens is 1. The van der Waals surface area contributed by atoms with Gasteiger partial charge in [-0.15, -0.1) is 0 Å². The predicted octanol–water partition coefficient (Wildman–Crippen LogP) is 3.62. The van der Waals surface area contributed by atoms with Gasteiger partial charge in [0.2, 0.25) is 0 Å². The summed E-state index contributed by atoms with van der Waals surface area (Å²) in [6.45, 7) is 5.49. The molecule has 0 amide bonds. The van der Waals surface area contributed by atoms with Gasteiger partial charge < -0.3 is 20.2 Å². The number of aromatic hydroxyl groups is 1.